The van der Waals surface area contributed by atoms with Crippen LogP contribution in [0.25, 0.3) is 0 Å². The molecule has 8 nitrogen and oxygen atoms in total. The molecule has 0 radical (unpaired) electrons. The standard InChI is InChI=1S/2C16H20N2O2/c2*1-19-13-7-3-11(4-8-13)15(17)16(18)12-5-9-14(20-2)10-6-12/h2*3-10,15-16H,17-18H2,1-2H3/t2*15-,16-/m10/s1. The van der Waals surface area contributed by atoms with Gasteiger partial charge in [-0.05, 0) is 70.8 Å². The van der Waals surface area contributed by atoms with E-state index in [1.54, 1.807) is 28.4 Å². The van der Waals surface area contributed by atoms with Gasteiger partial charge in [-0.25, -0.2) is 0 Å². The maximum absolute atomic E-state index is 6.24. The third-order valence-corrected chi connectivity index (χ3v) is 6.78. The molecule has 0 aromatic heterocycles. The van der Waals surface area contributed by atoms with Crippen LogP contribution in [0.5, 0.6) is 23.0 Å². The predicted octanol–water partition coefficient (Wildman–Crippen LogP) is 4.81. The van der Waals surface area contributed by atoms with Crippen molar-refractivity contribution in [1.29, 1.82) is 0 Å². The average Bonchev–Trinajstić information content (AvgIpc) is 3.03. The van der Waals surface area contributed by atoms with Gasteiger partial charge in [0.05, 0.1) is 28.4 Å². The summed E-state index contributed by atoms with van der Waals surface area (Å²) in [5, 5.41) is 0. The van der Waals surface area contributed by atoms with Crippen molar-refractivity contribution in [2.75, 3.05) is 28.4 Å². The number of hydrogen-bond acceptors (Lipinski definition) is 8. The molecule has 212 valence electrons. The SMILES string of the molecule is COc1ccc([C@@H](N)[C@H](N)c2ccc(OC)cc2)cc1.COc1ccc([C@H](N)[C@@H](N)c2ccc(OC)cc2)cc1. The third-order valence-electron chi connectivity index (χ3n) is 6.78. The highest BCUT2D eigenvalue weighted by molar-refractivity contribution is 5.35. The topological polar surface area (TPSA) is 141 Å². The molecule has 0 saturated carbocycles. The largest absolute Gasteiger partial charge is 0.497 e. The molecule has 0 spiro atoms. The van der Waals surface area contributed by atoms with Gasteiger partial charge in [0.25, 0.3) is 0 Å². The van der Waals surface area contributed by atoms with Gasteiger partial charge in [-0.15, -0.1) is 0 Å². The number of nitrogens with two attached hydrogens (primary N) is 4. The highest BCUT2D eigenvalue weighted by Gasteiger charge is 2.18. The lowest BCUT2D eigenvalue weighted by atomic mass is 9.95. The van der Waals surface area contributed by atoms with Crippen LogP contribution in [0.2, 0.25) is 0 Å². The summed E-state index contributed by atoms with van der Waals surface area (Å²) in [6.07, 6.45) is 0. The van der Waals surface area contributed by atoms with E-state index in [2.05, 4.69) is 0 Å². The number of ether oxygens (including phenoxy) is 4. The van der Waals surface area contributed by atoms with Crippen LogP contribution < -0.4 is 41.9 Å². The van der Waals surface area contributed by atoms with Gasteiger partial charge in [0.15, 0.2) is 0 Å². The van der Waals surface area contributed by atoms with E-state index in [9.17, 15) is 0 Å². The molecule has 4 rings (SSSR count). The zero-order chi connectivity index (χ0) is 29.1. The molecule has 0 amide bonds. The monoisotopic (exact) mass is 544 g/mol. The van der Waals surface area contributed by atoms with Gasteiger partial charge in [-0.3, -0.25) is 0 Å². The Bertz CT molecular complexity index is 1070. The Labute approximate surface area is 236 Å². The second kappa shape index (κ2) is 14.9. The Morgan fingerprint density at radius 3 is 0.600 bits per heavy atom. The summed E-state index contributed by atoms with van der Waals surface area (Å²) >= 11 is 0. The highest BCUT2D eigenvalue weighted by Crippen LogP contribution is 2.28. The second-order valence-corrected chi connectivity index (χ2v) is 9.20. The zero-order valence-corrected chi connectivity index (χ0v) is 23.5. The summed E-state index contributed by atoms with van der Waals surface area (Å²) in [6.45, 7) is 0. The lowest BCUT2D eigenvalue weighted by Crippen LogP contribution is -2.26. The molecular formula is C32H40N4O4. The molecular weight excluding hydrogens is 504 g/mol. The fraction of sp³-hybridized carbons (Fsp3) is 0.250. The first-order valence-electron chi connectivity index (χ1n) is 12.9. The Hall–Kier alpha value is -4.08. The van der Waals surface area contributed by atoms with Gasteiger partial charge < -0.3 is 41.9 Å². The molecule has 4 aromatic carbocycles. The highest BCUT2D eigenvalue weighted by atomic mass is 16.5. The zero-order valence-electron chi connectivity index (χ0n) is 23.5. The van der Waals surface area contributed by atoms with E-state index in [1.165, 1.54) is 0 Å². The first-order chi connectivity index (χ1) is 19.3. The van der Waals surface area contributed by atoms with E-state index in [1.807, 2.05) is 97.1 Å². The summed E-state index contributed by atoms with van der Waals surface area (Å²) in [6, 6.07) is 29.5. The quantitative estimate of drug-likeness (QED) is 0.223. The van der Waals surface area contributed by atoms with Gasteiger partial charge in [-0.1, -0.05) is 48.5 Å². The molecule has 0 heterocycles. The van der Waals surface area contributed by atoms with Crippen LogP contribution in [0.1, 0.15) is 46.4 Å². The molecule has 4 aromatic rings. The smallest absolute Gasteiger partial charge is 0.118 e. The van der Waals surface area contributed by atoms with Crippen molar-refractivity contribution < 1.29 is 18.9 Å². The van der Waals surface area contributed by atoms with E-state index < -0.39 is 0 Å². The number of hydrogen-bond donors (Lipinski definition) is 4. The predicted molar refractivity (Wildman–Crippen MR) is 160 cm³/mol. The van der Waals surface area contributed by atoms with Crippen LogP contribution in [-0.2, 0) is 0 Å². The molecule has 0 fully saturated rings. The van der Waals surface area contributed by atoms with Gasteiger partial charge >= 0.3 is 0 Å². The summed E-state index contributed by atoms with van der Waals surface area (Å²) < 4.78 is 20.5. The van der Waals surface area contributed by atoms with Crippen LogP contribution in [-0.4, -0.2) is 28.4 Å². The maximum Gasteiger partial charge on any atom is 0.118 e. The van der Waals surface area contributed by atoms with Crippen molar-refractivity contribution in [2.45, 2.75) is 24.2 Å². The minimum absolute atomic E-state index is 0.269. The average molecular weight is 545 g/mol. The molecule has 0 bridgehead atoms. The van der Waals surface area contributed by atoms with Crippen molar-refractivity contribution in [1.82, 2.24) is 0 Å². The molecule has 0 unspecified atom stereocenters. The first-order valence-corrected chi connectivity index (χ1v) is 12.9. The Morgan fingerprint density at radius 1 is 0.325 bits per heavy atom. The molecule has 0 saturated heterocycles. The number of rotatable bonds is 10. The van der Waals surface area contributed by atoms with Crippen LogP contribution in [0.15, 0.2) is 97.1 Å². The third kappa shape index (κ3) is 7.97. The fourth-order valence-electron chi connectivity index (χ4n) is 4.13. The molecule has 8 heteroatoms. The molecule has 0 aliphatic carbocycles. The second-order valence-electron chi connectivity index (χ2n) is 9.20. The lowest BCUT2D eigenvalue weighted by Gasteiger charge is -2.21. The number of benzene rings is 4. The first kappa shape index (κ1) is 30.5. The van der Waals surface area contributed by atoms with E-state index in [0.29, 0.717) is 0 Å². The van der Waals surface area contributed by atoms with Crippen LogP contribution in [0.3, 0.4) is 0 Å². The minimum Gasteiger partial charge on any atom is -0.497 e. The Kier molecular flexibility index (Phi) is 11.4. The fourth-order valence-corrected chi connectivity index (χ4v) is 4.13. The van der Waals surface area contributed by atoms with E-state index in [-0.39, 0.29) is 24.2 Å². The van der Waals surface area contributed by atoms with Crippen LogP contribution in [0.4, 0.5) is 0 Å². The molecule has 8 N–H and O–H groups in total. The maximum atomic E-state index is 6.24. The molecule has 0 aliphatic heterocycles. The summed E-state index contributed by atoms with van der Waals surface area (Å²) in [5.74, 6) is 3.22. The molecule has 4 atom stereocenters. The van der Waals surface area contributed by atoms with Crippen molar-refractivity contribution in [3.63, 3.8) is 0 Å². The normalized spacial score (nSPS) is 13.6. The lowest BCUT2D eigenvalue weighted by molar-refractivity contribution is 0.414. The van der Waals surface area contributed by atoms with E-state index in [4.69, 9.17) is 41.9 Å². The van der Waals surface area contributed by atoms with E-state index >= 15 is 0 Å². The Balaban J connectivity index is 0.000000220. The molecule has 40 heavy (non-hydrogen) atoms. The summed E-state index contributed by atoms with van der Waals surface area (Å²) in [4.78, 5) is 0. The number of methoxy groups -OCH3 is 4. The van der Waals surface area contributed by atoms with Gasteiger partial charge in [0.1, 0.15) is 23.0 Å². The minimum atomic E-state index is -0.269. The van der Waals surface area contributed by atoms with Crippen molar-refractivity contribution in [3.8, 4) is 23.0 Å². The van der Waals surface area contributed by atoms with Crippen molar-refractivity contribution >= 4 is 0 Å². The summed E-state index contributed by atoms with van der Waals surface area (Å²) in [5.41, 5.74) is 28.9. The van der Waals surface area contributed by atoms with Crippen molar-refractivity contribution in [3.05, 3.63) is 119 Å². The van der Waals surface area contributed by atoms with Gasteiger partial charge in [-0.2, -0.15) is 0 Å². The van der Waals surface area contributed by atoms with Gasteiger partial charge in [0, 0.05) is 24.2 Å². The Morgan fingerprint density at radius 2 is 0.475 bits per heavy atom. The van der Waals surface area contributed by atoms with Crippen LogP contribution >= 0.6 is 0 Å². The van der Waals surface area contributed by atoms with Crippen LogP contribution in [0, 0.1) is 0 Å². The molecule has 0 aliphatic rings. The summed E-state index contributed by atoms with van der Waals surface area (Å²) in [7, 11) is 6.55. The van der Waals surface area contributed by atoms with Crippen molar-refractivity contribution in [2.24, 2.45) is 22.9 Å². The van der Waals surface area contributed by atoms with Gasteiger partial charge in [0.2, 0.25) is 0 Å². The van der Waals surface area contributed by atoms with E-state index in [0.717, 1.165) is 45.3 Å².